The molecule has 17 heavy (non-hydrogen) atoms. The molecule has 0 saturated carbocycles. The molecular weight excluding hydrogens is 331 g/mol. The highest BCUT2D eigenvalue weighted by molar-refractivity contribution is 14.1. The SMILES string of the molecule is Cc1cc(I)oc1C(=O)NCc1ccccn1. The van der Waals surface area contributed by atoms with Crippen molar-refractivity contribution in [2.24, 2.45) is 0 Å². The van der Waals surface area contributed by atoms with Gasteiger partial charge < -0.3 is 9.73 Å². The van der Waals surface area contributed by atoms with E-state index >= 15 is 0 Å². The smallest absolute Gasteiger partial charge is 0.287 e. The van der Waals surface area contributed by atoms with Crippen molar-refractivity contribution in [2.75, 3.05) is 0 Å². The van der Waals surface area contributed by atoms with Crippen molar-refractivity contribution in [1.29, 1.82) is 0 Å². The molecular formula is C12H11IN2O2. The number of pyridine rings is 1. The maximum Gasteiger partial charge on any atom is 0.287 e. The topological polar surface area (TPSA) is 55.1 Å². The average Bonchev–Trinajstić information content (AvgIpc) is 2.67. The molecule has 2 aromatic heterocycles. The zero-order chi connectivity index (χ0) is 12.3. The number of aryl methyl sites for hydroxylation is 1. The molecule has 0 unspecified atom stereocenters. The highest BCUT2D eigenvalue weighted by atomic mass is 127. The normalized spacial score (nSPS) is 10.2. The van der Waals surface area contributed by atoms with E-state index < -0.39 is 0 Å². The number of furan rings is 1. The fraction of sp³-hybridized carbons (Fsp3) is 0.167. The van der Waals surface area contributed by atoms with Gasteiger partial charge in [0.2, 0.25) is 0 Å². The Bertz CT molecular complexity index is 523. The first kappa shape index (κ1) is 12.1. The van der Waals surface area contributed by atoms with E-state index in [1.54, 1.807) is 6.20 Å². The molecule has 0 bridgehead atoms. The third-order valence-corrected chi connectivity index (χ3v) is 2.78. The summed E-state index contributed by atoms with van der Waals surface area (Å²) in [7, 11) is 0. The first-order chi connectivity index (χ1) is 8.16. The summed E-state index contributed by atoms with van der Waals surface area (Å²) in [5, 5.41) is 2.77. The summed E-state index contributed by atoms with van der Waals surface area (Å²) in [6.45, 7) is 2.25. The molecule has 2 rings (SSSR count). The lowest BCUT2D eigenvalue weighted by Crippen LogP contribution is -2.23. The van der Waals surface area contributed by atoms with Crippen LogP contribution >= 0.6 is 22.6 Å². The van der Waals surface area contributed by atoms with E-state index in [0.717, 1.165) is 11.3 Å². The van der Waals surface area contributed by atoms with Crippen LogP contribution in [0, 0.1) is 10.7 Å². The van der Waals surface area contributed by atoms with Crippen LogP contribution in [-0.2, 0) is 6.54 Å². The fourth-order valence-corrected chi connectivity index (χ4v) is 2.11. The van der Waals surface area contributed by atoms with Gasteiger partial charge in [-0.25, -0.2) is 0 Å². The van der Waals surface area contributed by atoms with Crippen LogP contribution in [0.25, 0.3) is 0 Å². The zero-order valence-electron chi connectivity index (χ0n) is 9.24. The van der Waals surface area contributed by atoms with Crippen LogP contribution in [0.5, 0.6) is 0 Å². The first-order valence-corrected chi connectivity index (χ1v) is 6.19. The molecule has 2 heterocycles. The second-order valence-electron chi connectivity index (χ2n) is 3.57. The number of halogens is 1. The Kier molecular flexibility index (Phi) is 3.78. The second kappa shape index (κ2) is 5.31. The van der Waals surface area contributed by atoms with E-state index in [-0.39, 0.29) is 5.91 Å². The molecule has 4 nitrogen and oxygen atoms in total. The predicted molar refractivity (Wildman–Crippen MR) is 71.6 cm³/mol. The van der Waals surface area contributed by atoms with Gasteiger partial charge in [0.15, 0.2) is 9.53 Å². The lowest BCUT2D eigenvalue weighted by Gasteiger charge is -2.02. The number of amides is 1. The molecule has 0 radical (unpaired) electrons. The zero-order valence-corrected chi connectivity index (χ0v) is 11.4. The number of carbonyl (C=O) groups excluding carboxylic acids is 1. The first-order valence-electron chi connectivity index (χ1n) is 5.11. The molecule has 0 atom stereocenters. The number of aromatic nitrogens is 1. The van der Waals surface area contributed by atoms with Gasteiger partial charge in [-0.2, -0.15) is 0 Å². The second-order valence-corrected chi connectivity index (χ2v) is 4.63. The summed E-state index contributed by atoms with van der Waals surface area (Å²) >= 11 is 2.04. The summed E-state index contributed by atoms with van der Waals surface area (Å²) in [4.78, 5) is 15.9. The molecule has 0 aliphatic carbocycles. The third-order valence-electron chi connectivity index (χ3n) is 2.25. The van der Waals surface area contributed by atoms with E-state index in [1.807, 2.05) is 53.8 Å². The van der Waals surface area contributed by atoms with Crippen LogP contribution in [0.2, 0.25) is 0 Å². The minimum absolute atomic E-state index is 0.212. The lowest BCUT2D eigenvalue weighted by atomic mass is 10.2. The van der Waals surface area contributed by atoms with E-state index in [9.17, 15) is 4.79 Å². The number of nitrogens with one attached hydrogen (secondary N) is 1. The summed E-state index contributed by atoms with van der Waals surface area (Å²) < 4.78 is 6.03. The van der Waals surface area contributed by atoms with E-state index in [4.69, 9.17) is 4.42 Å². The monoisotopic (exact) mass is 342 g/mol. The van der Waals surface area contributed by atoms with Crippen molar-refractivity contribution in [1.82, 2.24) is 10.3 Å². The van der Waals surface area contributed by atoms with Crippen molar-refractivity contribution in [3.8, 4) is 0 Å². The Morgan fingerprint density at radius 3 is 2.94 bits per heavy atom. The number of hydrogen-bond donors (Lipinski definition) is 1. The Morgan fingerprint density at radius 2 is 2.35 bits per heavy atom. The molecule has 2 aromatic rings. The number of rotatable bonds is 3. The van der Waals surface area contributed by atoms with E-state index in [1.165, 1.54) is 0 Å². The Morgan fingerprint density at radius 1 is 1.53 bits per heavy atom. The van der Waals surface area contributed by atoms with Crippen molar-refractivity contribution >= 4 is 28.5 Å². The summed E-state index contributed by atoms with van der Waals surface area (Å²) in [6, 6.07) is 7.41. The van der Waals surface area contributed by atoms with Crippen molar-refractivity contribution < 1.29 is 9.21 Å². The summed E-state index contributed by atoms with van der Waals surface area (Å²) in [6.07, 6.45) is 1.70. The van der Waals surface area contributed by atoms with Crippen LogP contribution in [0.1, 0.15) is 21.8 Å². The van der Waals surface area contributed by atoms with Gasteiger partial charge in [-0.05, 0) is 47.7 Å². The molecule has 0 fully saturated rings. The Labute approximate surface area is 113 Å². The standard InChI is InChI=1S/C12H11IN2O2/c1-8-6-10(13)17-11(8)12(16)15-7-9-4-2-3-5-14-9/h2-6H,7H2,1H3,(H,15,16). The van der Waals surface area contributed by atoms with Gasteiger partial charge in [-0.15, -0.1) is 0 Å². The summed E-state index contributed by atoms with van der Waals surface area (Å²) in [5.74, 6) is 0.154. The van der Waals surface area contributed by atoms with Gasteiger partial charge in [0, 0.05) is 11.8 Å². The van der Waals surface area contributed by atoms with Gasteiger partial charge in [0.25, 0.3) is 5.91 Å². The van der Waals surface area contributed by atoms with Gasteiger partial charge in [-0.1, -0.05) is 6.07 Å². The molecule has 1 amide bonds. The summed E-state index contributed by atoms with van der Waals surface area (Å²) in [5.41, 5.74) is 1.66. The largest absolute Gasteiger partial charge is 0.445 e. The number of carbonyl (C=O) groups is 1. The van der Waals surface area contributed by atoms with Gasteiger partial charge in [0.05, 0.1) is 12.2 Å². The van der Waals surface area contributed by atoms with Crippen molar-refractivity contribution in [2.45, 2.75) is 13.5 Å². The minimum atomic E-state index is -0.212. The maximum atomic E-state index is 11.8. The number of nitrogens with zero attached hydrogens (tertiary/aromatic N) is 1. The van der Waals surface area contributed by atoms with Crippen LogP contribution in [-0.4, -0.2) is 10.9 Å². The van der Waals surface area contributed by atoms with E-state index in [2.05, 4.69) is 10.3 Å². The van der Waals surface area contributed by atoms with Crippen molar-refractivity contribution in [3.05, 3.63) is 51.2 Å². The van der Waals surface area contributed by atoms with Gasteiger partial charge in [0.1, 0.15) is 0 Å². The van der Waals surface area contributed by atoms with Crippen molar-refractivity contribution in [3.63, 3.8) is 0 Å². The molecule has 5 heteroatoms. The van der Waals surface area contributed by atoms with Gasteiger partial charge in [-0.3, -0.25) is 9.78 Å². The Hall–Kier alpha value is -1.37. The molecule has 0 aromatic carbocycles. The highest BCUT2D eigenvalue weighted by Gasteiger charge is 2.14. The van der Waals surface area contributed by atoms with Crippen LogP contribution in [0.4, 0.5) is 0 Å². The lowest BCUT2D eigenvalue weighted by molar-refractivity contribution is 0.0920. The third kappa shape index (κ3) is 3.06. The fourth-order valence-electron chi connectivity index (χ4n) is 1.42. The molecule has 0 aliphatic rings. The average molecular weight is 342 g/mol. The predicted octanol–water partition coefficient (Wildman–Crippen LogP) is 2.52. The molecule has 0 aliphatic heterocycles. The van der Waals surface area contributed by atoms with Crippen LogP contribution in [0.3, 0.4) is 0 Å². The minimum Gasteiger partial charge on any atom is -0.445 e. The molecule has 88 valence electrons. The van der Waals surface area contributed by atoms with Crippen LogP contribution < -0.4 is 5.32 Å². The molecule has 0 saturated heterocycles. The quantitative estimate of drug-likeness (QED) is 0.872. The van der Waals surface area contributed by atoms with E-state index in [0.29, 0.717) is 16.1 Å². The highest BCUT2D eigenvalue weighted by Crippen LogP contribution is 2.16. The maximum absolute atomic E-state index is 11.8. The number of hydrogen-bond acceptors (Lipinski definition) is 3. The Balaban J connectivity index is 2.01. The molecule has 1 N–H and O–H groups in total. The van der Waals surface area contributed by atoms with Gasteiger partial charge >= 0.3 is 0 Å². The molecule has 0 spiro atoms. The van der Waals surface area contributed by atoms with Crippen LogP contribution in [0.15, 0.2) is 34.9 Å².